The summed E-state index contributed by atoms with van der Waals surface area (Å²) in [5, 5.41) is 2.94. The summed E-state index contributed by atoms with van der Waals surface area (Å²) in [4.78, 5) is 11.8. The molecule has 0 fully saturated rings. The Bertz CT molecular complexity index is 641. The Balaban J connectivity index is 1.76. The van der Waals surface area contributed by atoms with E-state index in [0.717, 1.165) is 11.3 Å². The van der Waals surface area contributed by atoms with Gasteiger partial charge in [0.1, 0.15) is 18.2 Å². The lowest BCUT2D eigenvalue weighted by Crippen LogP contribution is -2.29. The van der Waals surface area contributed by atoms with E-state index in [4.69, 9.17) is 16.3 Å². The molecule has 0 bridgehead atoms. The number of nitrogens with one attached hydrogen (secondary N) is 1. The van der Waals surface area contributed by atoms with Gasteiger partial charge in [-0.25, -0.2) is 4.39 Å². The van der Waals surface area contributed by atoms with E-state index in [1.165, 1.54) is 12.1 Å². The minimum atomic E-state index is -0.473. The van der Waals surface area contributed by atoms with Crippen LogP contribution >= 0.6 is 11.6 Å². The summed E-state index contributed by atoms with van der Waals surface area (Å²) in [5.41, 5.74) is 1.32. The average molecular weight is 322 g/mol. The molecule has 0 unspecified atom stereocenters. The lowest BCUT2D eigenvalue weighted by Gasteiger charge is -2.09. The molecular formula is C17H17ClFNO2. The molecule has 0 atom stereocenters. The molecule has 0 aliphatic carbocycles. The maximum atomic E-state index is 13.6. The quantitative estimate of drug-likeness (QED) is 0.827. The van der Waals surface area contributed by atoms with Crippen LogP contribution in [-0.2, 0) is 11.2 Å². The van der Waals surface area contributed by atoms with Crippen LogP contribution in [0.3, 0.4) is 0 Å². The van der Waals surface area contributed by atoms with Crippen LogP contribution in [0.5, 0.6) is 5.75 Å². The number of carbonyl (C=O) groups excluding carboxylic acids is 1. The molecule has 2 rings (SSSR count). The van der Waals surface area contributed by atoms with Crippen LogP contribution in [0.4, 0.5) is 4.39 Å². The largest absolute Gasteiger partial charge is 0.492 e. The highest BCUT2D eigenvalue weighted by atomic mass is 35.5. The number of carbonyl (C=O) groups is 1. The van der Waals surface area contributed by atoms with Gasteiger partial charge < -0.3 is 10.1 Å². The third-order valence-electron chi connectivity index (χ3n) is 3.08. The fourth-order valence-corrected chi connectivity index (χ4v) is 2.22. The zero-order valence-electron chi connectivity index (χ0n) is 12.2. The van der Waals surface area contributed by atoms with Crippen molar-refractivity contribution in [2.45, 2.75) is 13.3 Å². The van der Waals surface area contributed by atoms with E-state index < -0.39 is 5.82 Å². The van der Waals surface area contributed by atoms with Crippen LogP contribution in [-0.4, -0.2) is 19.1 Å². The first-order valence-corrected chi connectivity index (χ1v) is 7.33. The van der Waals surface area contributed by atoms with Crippen LogP contribution in [0, 0.1) is 12.7 Å². The molecule has 1 N–H and O–H groups in total. The summed E-state index contributed by atoms with van der Waals surface area (Å²) in [6, 6.07) is 12.0. The van der Waals surface area contributed by atoms with Crippen molar-refractivity contribution in [3.8, 4) is 5.75 Å². The second-order valence-corrected chi connectivity index (χ2v) is 5.30. The number of benzene rings is 2. The normalized spacial score (nSPS) is 10.3. The Labute approximate surface area is 134 Å². The van der Waals surface area contributed by atoms with Crippen molar-refractivity contribution in [3.63, 3.8) is 0 Å². The zero-order chi connectivity index (χ0) is 15.9. The number of ether oxygens (including phenoxy) is 1. The zero-order valence-corrected chi connectivity index (χ0v) is 13.0. The minimum Gasteiger partial charge on any atom is -0.492 e. The molecule has 0 radical (unpaired) electrons. The van der Waals surface area contributed by atoms with Crippen LogP contribution in [0.2, 0.25) is 5.02 Å². The fourth-order valence-electron chi connectivity index (χ4n) is 1.99. The van der Waals surface area contributed by atoms with Gasteiger partial charge in [0.05, 0.1) is 13.0 Å². The highest BCUT2D eigenvalue weighted by molar-refractivity contribution is 6.31. The maximum Gasteiger partial charge on any atom is 0.224 e. The van der Waals surface area contributed by atoms with Crippen LogP contribution in [0.25, 0.3) is 0 Å². The van der Waals surface area contributed by atoms with Crippen molar-refractivity contribution < 1.29 is 13.9 Å². The predicted octanol–water partition coefficient (Wildman–Crippen LogP) is 3.53. The van der Waals surface area contributed by atoms with Gasteiger partial charge in [0.2, 0.25) is 5.91 Å². The van der Waals surface area contributed by atoms with Gasteiger partial charge in [-0.05, 0) is 36.8 Å². The summed E-state index contributed by atoms with van der Waals surface area (Å²) in [5.74, 6) is -0.00935. The van der Waals surface area contributed by atoms with Crippen LogP contribution < -0.4 is 10.1 Å². The molecule has 2 aromatic carbocycles. The highest BCUT2D eigenvalue weighted by Gasteiger charge is 2.11. The summed E-state index contributed by atoms with van der Waals surface area (Å²) in [6.45, 7) is 2.67. The number of rotatable bonds is 6. The van der Waals surface area contributed by atoms with Crippen molar-refractivity contribution in [3.05, 3.63) is 64.4 Å². The molecule has 0 saturated carbocycles. The molecule has 0 saturated heterocycles. The lowest BCUT2D eigenvalue weighted by atomic mass is 10.1. The molecule has 0 aromatic heterocycles. The van der Waals surface area contributed by atoms with Crippen molar-refractivity contribution in [2.24, 2.45) is 0 Å². The first kappa shape index (κ1) is 16.3. The molecule has 22 heavy (non-hydrogen) atoms. The van der Waals surface area contributed by atoms with E-state index in [1.54, 1.807) is 6.07 Å². The van der Waals surface area contributed by atoms with Gasteiger partial charge in [-0.15, -0.1) is 0 Å². The van der Waals surface area contributed by atoms with Crippen LogP contribution in [0.1, 0.15) is 11.1 Å². The molecule has 0 spiro atoms. The van der Waals surface area contributed by atoms with Gasteiger partial charge in [0, 0.05) is 10.6 Å². The van der Waals surface area contributed by atoms with Gasteiger partial charge in [-0.3, -0.25) is 4.79 Å². The monoisotopic (exact) mass is 321 g/mol. The van der Waals surface area contributed by atoms with Crippen molar-refractivity contribution in [1.29, 1.82) is 0 Å². The fraction of sp³-hybridized carbons (Fsp3) is 0.235. The topological polar surface area (TPSA) is 38.3 Å². The van der Waals surface area contributed by atoms with E-state index in [0.29, 0.717) is 13.2 Å². The molecule has 3 nitrogen and oxygen atoms in total. The molecule has 116 valence electrons. The smallest absolute Gasteiger partial charge is 0.224 e. The van der Waals surface area contributed by atoms with Gasteiger partial charge in [0.25, 0.3) is 0 Å². The second-order valence-electron chi connectivity index (χ2n) is 4.89. The van der Waals surface area contributed by atoms with Crippen molar-refractivity contribution in [2.75, 3.05) is 13.2 Å². The highest BCUT2D eigenvalue weighted by Crippen LogP contribution is 2.19. The SMILES string of the molecule is Cc1cccc(OCCNC(=O)Cc2c(F)cccc2Cl)c1. The van der Waals surface area contributed by atoms with E-state index in [-0.39, 0.29) is 22.9 Å². The maximum absolute atomic E-state index is 13.6. The van der Waals surface area contributed by atoms with E-state index in [2.05, 4.69) is 5.32 Å². The number of hydrogen-bond donors (Lipinski definition) is 1. The number of amides is 1. The molecule has 5 heteroatoms. The van der Waals surface area contributed by atoms with Crippen LogP contribution in [0.15, 0.2) is 42.5 Å². The first-order valence-electron chi connectivity index (χ1n) is 6.95. The predicted molar refractivity (Wildman–Crippen MR) is 84.8 cm³/mol. The first-order chi connectivity index (χ1) is 10.6. The van der Waals surface area contributed by atoms with Gasteiger partial charge in [-0.2, -0.15) is 0 Å². The van der Waals surface area contributed by atoms with Crippen molar-refractivity contribution >= 4 is 17.5 Å². The Morgan fingerprint density at radius 3 is 2.77 bits per heavy atom. The molecule has 0 aliphatic heterocycles. The molecule has 1 amide bonds. The number of aryl methyl sites for hydroxylation is 1. The molecule has 2 aromatic rings. The summed E-state index contributed by atoms with van der Waals surface area (Å²) >= 11 is 5.89. The van der Waals surface area contributed by atoms with Gasteiger partial charge in [0.15, 0.2) is 0 Å². The number of hydrogen-bond acceptors (Lipinski definition) is 2. The standard InChI is InChI=1S/C17H17ClFNO2/c1-12-4-2-5-13(10-12)22-9-8-20-17(21)11-14-15(18)6-3-7-16(14)19/h2-7,10H,8-9,11H2,1H3,(H,20,21). The average Bonchev–Trinajstić information content (AvgIpc) is 2.48. The van der Waals surface area contributed by atoms with E-state index >= 15 is 0 Å². The Hall–Kier alpha value is -2.07. The third-order valence-corrected chi connectivity index (χ3v) is 3.44. The second kappa shape index (κ2) is 7.80. The Morgan fingerprint density at radius 2 is 2.05 bits per heavy atom. The Kier molecular flexibility index (Phi) is 5.78. The van der Waals surface area contributed by atoms with Gasteiger partial charge in [-0.1, -0.05) is 29.8 Å². The van der Waals surface area contributed by atoms with Crippen molar-refractivity contribution in [1.82, 2.24) is 5.32 Å². The van der Waals surface area contributed by atoms with E-state index in [9.17, 15) is 9.18 Å². The van der Waals surface area contributed by atoms with Gasteiger partial charge >= 0.3 is 0 Å². The third kappa shape index (κ3) is 4.74. The summed E-state index contributed by atoms with van der Waals surface area (Å²) in [7, 11) is 0. The lowest BCUT2D eigenvalue weighted by molar-refractivity contribution is -0.120. The molecule has 0 heterocycles. The minimum absolute atomic E-state index is 0.0873. The van der Waals surface area contributed by atoms with E-state index in [1.807, 2.05) is 31.2 Å². The molecule has 0 aliphatic rings. The molecular weight excluding hydrogens is 305 g/mol. The summed E-state index contributed by atoms with van der Waals surface area (Å²) < 4.78 is 19.1. The Morgan fingerprint density at radius 1 is 1.27 bits per heavy atom. The summed E-state index contributed by atoms with van der Waals surface area (Å²) in [6.07, 6.45) is -0.0873. The number of halogens is 2.